The molecule has 0 amide bonds. The quantitative estimate of drug-likeness (QED) is 0.759. The minimum Gasteiger partial charge on any atom is -0.468 e. The predicted molar refractivity (Wildman–Crippen MR) is 63.4 cm³/mol. The number of carbonyl (C=O) groups excluding carboxylic acids is 1. The third-order valence-electron chi connectivity index (χ3n) is 2.39. The number of thiophene rings is 1. The van der Waals surface area contributed by atoms with Crippen molar-refractivity contribution in [1.29, 1.82) is 0 Å². The minimum absolute atomic E-state index is 0.441. The Labute approximate surface area is 99.2 Å². The zero-order valence-electron chi connectivity index (χ0n) is 9.69. The molecule has 0 spiro atoms. The summed E-state index contributed by atoms with van der Waals surface area (Å²) in [5, 5.41) is 14.5. The van der Waals surface area contributed by atoms with Crippen LogP contribution in [-0.4, -0.2) is 30.3 Å². The van der Waals surface area contributed by atoms with Crippen molar-refractivity contribution in [2.45, 2.75) is 32.5 Å². The van der Waals surface area contributed by atoms with Crippen LogP contribution in [0, 0.1) is 6.92 Å². The minimum atomic E-state index is -0.771. The predicted octanol–water partition coefficient (Wildman–Crippen LogP) is 1.07. The molecule has 1 heterocycles. The molecule has 0 radical (unpaired) electrons. The second-order valence-electron chi connectivity index (χ2n) is 3.65. The van der Waals surface area contributed by atoms with Gasteiger partial charge in [-0.2, -0.15) is 0 Å². The van der Waals surface area contributed by atoms with Crippen molar-refractivity contribution in [2.75, 3.05) is 7.11 Å². The van der Waals surface area contributed by atoms with Gasteiger partial charge in [0.2, 0.25) is 0 Å². The normalized spacial score (nSPS) is 14.5. The standard InChI is InChI=1S/C11H17NO3S/c1-7-4-5-16-9(7)6-12-10(8(2)13)11(14)15-3/h4-5,8,10,12-13H,6H2,1-3H3/t8-,10+/m1/s1. The fourth-order valence-corrected chi connectivity index (χ4v) is 2.22. The van der Waals surface area contributed by atoms with E-state index in [1.165, 1.54) is 12.7 Å². The van der Waals surface area contributed by atoms with E-state index in [0.29, 0.717) is 6.54 Å². The summed E-state index contributed by atoms with van der Waals surface area (Å²) in [5.41, 5.74) is 1.19. The summed E-state index contributed by atoms with van der Waals surface area (Å²) < 4.78 is 4.62. The zero-order chi connectivity index (χ0) is 12.1. The van der Waals surface area contributed by atoms with Gasteiger partial charge in [0.1, 0.15) is 6.04 Å². The lowest BCUT2D eigenvalue weighted by Crippen LogP contribution is -2.45. The van der Waals surface area contributed by atoms with Gasteiger partial charge in [0, 0.05) is 11.4 Å². The average molecular weight is 243 g/mol. The summed E-state index contributed by atoms with van der Waals surface area (Å²) in [7, 11) is 1.32. The monoisotopic (exact) mass is 243 g/mol. The Morgan fingerprint density at radius 1 is 1.69 bits per heavy atom. The molecule has 0 saturated heterocycles. The van der Waals surface area contributed by atoms with E-state index >= 15 is 0 Å². The van der Waals surface area contributed by atoms with Gasteiger partial charge in [-0.15, -0.1) is 11.3 Å². The Hall–Kier alpha value is -0.910. The average Bonchev–Trinajstić information content (AvgIpc) is 2.64. The van der Waals surface area contributed by atoms with Crippen molar-refractivity contribution in [2.24, 2.45) is 0 Å². The van der Waals surface area contributed by atoms with E-state index in [1.54, 1.807) is 18.3 Å². The van der Waals surface area contributed by atoms with Crippen LogP contribution in [0.4, 0.5) is 0 Å². The first-order chi connectivity index (χ1) is 7.56. The molecule has 2 N–H and O–H groups in total. The molecule has 0 unspecified atom stereocenters. The van der Waals surface area contributed by atoms with Gasteiger partial charge in [-0.1, -0.05) is 0 Å². The first kappa shape index (κ1) is 13.2. The number of aliphatic hydroxyl groups excluding tert-OH is 1. The van der Waals surface area contributed by atoms with Gasteiger partial charge in [0.15, 0.2) is 0 Å². The van der Waals surface area contributed by atoms with E-state index in [-0.39, 0.29) is 0 Å². The molecule has 0 aliphatic carbocycles. The molecule has 0 fully saturated rings. The maximum Gasteiger partial charge on any atom is 0.325 e. The summed E-state index contributed by atoms with van der Waals surface area (Å²) in [6.07, 6.45) is -0.771. The van der Waals surface area contributed by atoms with Crippen molar-refractivity contribution in [3.05, 3.63) is 21.9 Å². The second-order valence-corrected chi connectivity index (χ2v) is 4.65. The lowest BCUT2D eigenvalue weighted by Gasteiger charge is -2.18. The smallest absolute Gasteiger partial charge is 0.325 e. The highest BCUT2D eigenvalue weighted by atomic mass is 32.1. The van der Waals surface area contributed by atoms with Gasteiger partial charge in [-0.3, -0.25) is 10.1 Å². The van der Waals surface area contributed by atoms with Crippen LogP contribution in [0.1, 0.15) is 17.4 Å². The number of nitrogens with one attached hydrogen (secondary N) is 1. The Morgan fingerprint density at radius 2 is 2.38 bits per heavy atom. The van der Waals surface area contributed by atoms with Gasteiger partial charge >= 0.3 is 5.97 Å². The highest BCUT2D eigenvalue weighted by Gasteiger charge is 2.23. The molecule has 1 aromatic rings. The molecule has 0 aromatic carbocycles. The number of aliphatic hydroxyl groups is 1. The number of carbonyl (C=O) groups is 1. The number of aryl methyl sites for hydroxylation is 1. The van der Waals surface area contributed by atoms with Gasteiger partial charge in [0.05, 0.1) is 13.2 Å². The van der Waals surface area contributed by atoms with Gasteiger partial charge in [-0.25, -0.2) is 0 Å². The Morgan fingerprint density at radius 3 is 2.81 bits per heavy atom. The molecule has 1 aromatic heterocycles. The number of rotatable bonds is 5. The Balaban J connectivity index is 2.57. The van der Waals surface area contributed by atoms with Crippen molar-refractivity contribution >= 4 is 17.3 Å². The summed E-state index contributed by atoms with van der Waals surface area (Å²) in [6.45, 7) is 4.15. The van der Waals surface area contributed by atoms with Crippen molar-refractivity contribution in [1.82, 2.24) is 5.32 Å². The number of ether oxygens (including phenoxy) is 1. The third kappa shape index (κ3) is 3.30. The Kier molecular flexibility index (Phi) is 4.92. The van der Waals surface area contributed by atoms with Gasteiger partial charge in [0.25, 0.3) is 0 Å². The maximum absolute atomic E-state index is 11.4. The van der Waals surface area contributed by atoms with Crippen molar-refractivity contribution in [3.63, 3.8) is 0 Å². The van der Waals surface area contributed by atoms with E-state index in [9.17, 15) is 9.90 Å². The van der Waals surface area contributed by atoms with Crippen LogP contribution in [0.25, 0.3) is 0 Å². The molecule has 0 saturated carbocycles. The molecule has 4 nitrogen and oxygen atoms in total. The highest BCUT2D eigenvalue weighted by Crippen LogP contribution is 2.15. The van der Waals surface area contributed by atoms with Gasteiger partial charge < -0.3 is 9.84 Å². The van der Waals surface area contributed by atoms with Crippen LogP contribution in [0.3, 0.4) is 0 Å². The summed E-state index contributed by atoms with van der Waals surface area (Å²) in [4.78, 5) is 12.5. The fraction of sp³-hybridized carbons (Fsp3) is 0.545. The van der Waals surface area contributed by atoms with Crippen LogP contribution < -0.4 is 5.32 Å². The first-order valence-electron chi connectivity index (χ1n) is 5.08. The van der Waals surface area contributed by atoms with Gasteiger partial charge in [-0.05, 0) is 30.9 Å². The maximum atomic E-state index is 11.4. The SMILES string of the molecule is COC(=O)[C@@H](NCc1sccc1C)[C@@H](C)O. The van der Waals surface area contributed by atoms with E-state index in [4.69, 9.17) is 0 Å². The largest absolute Gasteiger partial charge is 0.468 e. The number of esters is 1. The molecule has 0 bridgehead atoms. The van der Waals surface area contributed by atoms with Crippen LogP contribution >= 0.6 is 11.3 Å². The van der Waals surface area contributed by atoms with E-state index in [1.807, 2.05) is 18.4 Å². The molecule has 16 heavy (non-hydrogen) atoms. The van der Waals surface area contributed by atoms with E-state index < -0.39 is 18.1 Å². The number of hydrogen-bond donors (Lipinski definition) is 2. The third-order valence-corrected chi connectivity index (χ3v) is 3.41. The molecule has 1 rings (SSSR count). The molecule has 0 aliphatic rings. The summed E-state index contributed by atoms with van der Waals surface area (Å²) >= 11 is 1.63. The number of hydrogen-bond acceptors (Lipinski definition) is 5. The van der Waals surface area contributed by atoms with Crippen LogP contribution in [0.2, 0.25) is 0 Å². The van der Waals surface area contributed by atoms with Crippen LogP contribution in [-0.2, 0) is 16.1 Å². The van der Waals surface area contributed by atoms with Crippen LogP contribution in [0.5, 0.6) is 0 Å². The summed E-state index contributed by atoms with van der Waals surface area (Å²) in [6, 6.07) is 1.35. The lowest BCUT2D eigenvalue weighted by atomic mass is 10.2. The van der Waals surface area contributed by atoms with Crippen molar-refractivity contribution in [3.8, 4) is 0 Å². The first-order valence-corrected chi connectivity index (χ1v) is 5.96. The van der Waals surface area contributed by atoms with Crippen molar-refractivity contribution < 1.29 is 14.6 Å². The van der Waals surface area contributed by atoms with E-state index in [2.05, 4.69) is 10.1 Å². The molecule has 0 aliphatic heterocycles. The molecular weight excluding hydrogens is 226 g/mol. The molecule has 90 valence electrons. The van der Waals surface area contributed by atoms with Crippen LogP contribution in [0.15, 0.2) is 11.4 Å². The molecular formula is C11H17NO3S. The lowest BCUT2D eigenvalue weighted by molar-refractivity contribution is -0.145. The molecule has 2 atom stereocenters. The Bertz CT molecular complexity index is 349. The summed E-state index contributed by atoms with van der Waals surface area (Å²) in [5.74, 6) is -0.441. The van der Waals surface area contributed by atoms with E-state index in [0.717, 1.165) is 4.88 Å². The fourth-order valence-electron chi connectivity index (χ4n) is 1.37. The number of methoxy groups -OCH3 is 1. The second kappa shape index (κ2) is 5.98. The highest BCUT2D eigenvalue weighted by molar-refractivity contribution is 7.10. The topological polar surface area (TPSA) is 58.6 Å². The zero-order valence-corrected chi connectivity index (χ0v) is 10.5. The molecule has 5 heteroatoms.